The summed E-state index contributed by atoms with van der Waals surface area (Å²) >= 11 is 0. The smallest absolute Gasteiger partial charge is 0.411 e. The second kappa shape index (κ2) is 10.2. The van der Waals surface area contributed by atoms with E-state index in [1.54, 1.807) is 12.1 Å². The van der Waals surface area contributed by atoms with Crippen molar-refractivity contribution >= 4 is 23.4 Å². The van der Waals surface area contributed by atoms with E-state index in [-0.39, 0.29) is 28.9 Å². The van der Waals surface area contributed by atoms with Crippen LogP contribution in [0.3, 0.4) is 0 Å². The van der Waals surface area contributed by atoms with E-state index in [4.69, 9.17) is 14.9 Å². The van der Waals surface area contributed by atoms with Crippen LogP contribution in [0.15, 0.2) is 42.5 Å². The Hall–Kier alpha value is -3.26. The van der Waals surface area contributed by atoms with Gasteiger partial charge >= 0.3 is 12.1 Å². The Morgan fingerprint density at radius 3 is 2.46 bits per heavy atom. The third kappa shape index (κ3) is 5.07. The molecule has 8 heteroatoms. The van der Waals surface area contributed by atoms with E-state index in [0.717, 1.165) is 37.9 Å². The highest BCUT2D eigenvalue weighted by Gasteiger charge is 2.52. The quantitative estimate of drug-likeness (QED) is 0.565. The lowest BCUT2D eigenvalue weighted by Crippen LogP contribution is -2.45. The molecule has 2 aliphatic heterocycles. The summed E-state index contributed by atoms with van der Waals surface area (Å²) < 4.78 is 5.58. The Kier molecular flexibility index (Phi) is 7.21. The maximum Gasteiger partial charge on any atom is 0.411 e. The summed E-state index contributed by atoms with van der Waals surface area (Å²) in [5, 5.41) is 20.2. The monoisotopic (exact) mass is 481 g/mol. The Balaban J connectivity index is 0.000000243. The number of phenols is 1. The number of anilines is 2. The van der Waals surface area contributed by atoms with E-state index in [2.05, 4.69) is 48.3 Å². The van der Waals surface area contributed by atoms with Gasteiger partial charge in [-0.1, -0.05) is 31.5 Å². The molecule has 0 unspecified atom stereocenters. The number of aromatic hydroxyl groups is 1. The summed E-state index contributed by atoms with van der Waals surface area (Å²) in [4.78, 5) is 27.2. The lowest BCUT2D eigenvalue weighted by molar-refractivity contribution is 0.0693. The molecule has 2 atom stereocenters. The molecule has 2 fully saturated rings. The van der Waals surface area contributed by atoms with E-state index in [1.807, 2.05) is 6.07 Å². The van der Waals surface area contributed by atoms with Crippen molar-refractivity contribution in [2.24, 2.45) is 0 Å². The first-order chi connectivity index (χ1) is 16.7. The molecule has 2 aromatic carbocycles. The number of likely N-dealkylation sites (tertiary alicyclic amines) is 1. The van der Waals surface area contributed by atoms with Gasteiger partial charge in [0.25, 0.3) is 0 Å². The van der Waals surface area contributed by atoms with Gasteiger partial charge in [-0.2, -0.15) is 0 Å². The van der Waals surface area contributed by atoms with Gasteiger partial charge in [-0.15, -0.1) is 0 Å². The number of carboxylic acids is 1. The van der Waals surface area contributed by atoms with Crippen molar-refractivity contribution in [1.82, 2.24) is 4.90 Å². The molecule has 1 saturated heterocycles. The predicted octanol–water partition coefficient (Wildman–Crippen LogP) is 5.03. The number of benzene rings is 2. The maximum absolute atomic E-state index is 12.2. The molecule has 8 nitrogen and oxygen atoms in total. The van der Waals surface area contributed by atoms with Crippen LogP contribution in [0.5, 0.6) is 5.75 Å². The number of carbonyl (C=O) groups is 2. The number of amides is 1. The average Bonchev–Trinajstić information content (AvgIpc) is 3.25. The van der Waals surface area contributed by atoms with E-state index >= 15 is 0 Å². The number of hydrogen-bond donors (Lipinski definition) is 3. The number of likely N-dealkylation sites (N-methyl/N-ethyl adjacent to an activating group) is 2. The second-order valence-corrected chi connectivity index (χ2v) is 9.98. The molecule has 5 rings (SSSR count). The number of aromatic carboxylic acids is 1. The molecule has 1 aliphatic carbocycles. The van der Waals surface area contributed by atoms with Gasteiger partial charge in [0.1, 0.15) is 17.4 Å². The molecule has 0 bridgehead atoms. The summed E-state index contributed by atoms with van der Waals surface area (Å²) in [6, 6.07) is 12.1. The fourth-order valence-electron chi connectivity index (χ4n) is 5.80. The van der Waals surface area contributed by atoms with Crippen LogP contribution in [0.25, 0.3) is 0 Å². The van der Waals surface area contributed by atoms with Crippen molar-refractivity contribution in [2.75, 3.05) is 30.9 Å². The van der Waals surface area contributed by atoms with Crippen molar-refractivity contribution in [3.8, 4) is 5.75 Å². The molecule has 2 aromatic rings. The van der Waals surface area contributed by atoms with Crippen LogP contribution in [0.1, 0.15) is 61.4 Å². The standard InChI is InChI=1S/C20H29N3O2.C7H6O3/c1-20-11-12-22(2)18(20)23(3)17-13-14(9-10-16(17)20)21-19(24)25-15-7-5-4-6-8-15;8-6-4-2-1-3-5(6)7(9)10/h9-10,13,15,18H,4-8,11-12H2,1-3H3,(H,21,24);1-4,8H,(H,9,10)/t18-,20+;/m0./s1. The summed E-state index contributed by atoms with van der Waals surface area (Å²) in [6.45, 7) is 3.48. The van der Waals surface area contributed by atoms with Crippen molar-refractivity contribution in [3.63, 3.8) is 0 Å². The lowest BCUT2D eigenvalue weighted by atomic mass is 9.81. The summed E-state index contributed by atoms with van der Waals surface area (Å²) in [5.41, 5.74) is 3.52. The summed E-state index contributed by atoms with van der Waals surface area (Å²) in [6.07, 6.45) is 6.89. The number of rotatable bonds is 3. The lowest BCUT2D eigenvalue weighted by Gasteiger charge is -2.32. The fourth-order valence-corrected chi connectivity index (χ4v) is 5.80. The molecule has 0 radical (unpaired) electrons. The van der Waals surface area contributed by atoms with Gasteiger partial charge in [0.15, 0.2) is 0 Å². The minimum absolute atomic E-state index is 0.0671. The number of ether oxygens (including phenoxy) is 1. The van der Waals surface area contributed by atoms with Gasteiger partial charge in [0.05, 0.1) is 6.17 Å². The minimum Gasteiger partial charge on any atom is -0.507 e. The van der Waals surface area contributed by atoms with Crippen molar-refractivity contribution in [2.45, 2.75) is 63.1 Å². The first kappa shape index (κ1) is 24.9. The second-order valence-electron chi connectivity index (χ2n) is 9.98. The van der Waals surface area contributed by atoms with Crippen molar-refractivity contribution < 1.29 is 24.5 Å². The van der Waals surface area contributed by atoms with Crippen molar-refractivity contribution in [3.05, 3.63) is 53.6 Å². The third-order valence-electron chi connectivity index (χ3n) is 7.54. The van der Waals surface area contributed by atoms with Gasteiger partial charge in [0, 0.05) is 30.4 Å². The topological polar surface area (TPSA) is 102 Å². The highest BCUT2D eigenvalue weighted by molar-refractivity contribution is 5.90. The van der Waals surface area contributed by atoms with Crippen LogP contribution in [-0.4, -0.2) is 60.1 Å². The van der Waals surface area contributed by atoms with Gasteiger partial charge < -0.3 is 19.8 Å². The number of carboxylic acid groups (broad SMARTS) is 1. The van der Waals surface area contributed by atoms with Gasteiger partial charge in [0.2, 0.25) is 0 Å². The van der Waals surface area contributed by atoms with Gasteiger partial charge in [-0.05, 0) is 69.0 Å². The van der Waals surface area contributed by atoms with Crippen LogP contribution in [0.4, 0.5) is 16.2 Å². The van der Waals surface area contributed by atoms with E-state index < -0.39 is 5.97 Å². The van der Waals surface area contributed by atoms with Crippen LogP contribution in [0, 0.1) is 0 Å². The molecule has 3 aliphatic rings. The average molecular weight is 482 g/mol. The van der Waals surface area contributed by atoms with Gasteiger partial charge in [-0.3, -0.25) is 10.2 Å². The molecule has 1 saturated carbocycles. The molecule has 3 N–H and O–H groups in total. The molecule has 188 valence electrons. The van der Waals surface area contributed by atoms with Crippen molar-refractivity contribution in [1.29, 1.82) is 0 Å². The van der Waals surface area contributed by atoms with Crippen LogP contribution < -0.4 is 10.2 Å². The van der Waals surface area contributed by atoms with Crippen LogP contribution in [-0.2, 0) is 10.2 Å². The Labute approximate surface area is 206 Å². The number of para-hydroxylation sites is 1. The van der Waals surface area contributed by atoms with Crippen LogP contribution >= 0.6 is 0 Å². The molecule has 0 spiro atoms. The van der Waals surface area contributed by atoms with E-state index in [1.165, 1.54) is 36.2 Å². The number of nitrogens with one attached hydrogen (secondary N) is 1. The third-order valence-corrected chi connectivity index (χ3v) is 7.54. The first-order valence-corrected chi connectivity index (χ1v) is 12.3. The normalized spacial score (nSPS) is 23.6. The van der Waals surface area contributed by atoms with E-state index in [0.29, 0.717) is 6.17 Å². The molecule has 0 aromatic heterocycles. The van der Waals surface area contributed by atoms with E-state index in [9.17, 15) is 9.59 Å². The highest BCUT2D eigenvalue weighted by atomic mass is 16.6. The maximum atomic E-state index is 12.2. The number of carbonyl (C=O) groups excluding carboxylic acids is 1. The number of hydrogen-bond acceptors (Lipinski definition) is 6. The zero-order chi connectivity index (χ0) is 25.2. The Bertz CT molecular complexity index is 1080. The summed E-state index contributed by atoms with van der Waals surface area (Å²) in [7, 11) is 4.35. The largest absolute Gasteiger partial charge is 0.507 e. The molecular weight excluding hydrogens is 446 g/mol. The molecule has 35 heavy (non-hydrogen) atoms. The number of fused-ring (bicyclic) bond motifs is 3. The number of nitrogens with zero attached hydrogens (tertiary/aromatic N) is 2. The first-order valence-electron chi connectivity index (χ1n) is 12.3. The Morgan fingerprint density at radius 2 is 1.80 bits per heavy atom. The fraction of sp³-hybridized carbons (Fsp3) is 0.481. The molecule has 1 amide bonds. The molecule has 2 heterocycles. The van der Waals surface area contributed by atoms with Gasteiger partial charge in [-0.25, -0.2) is 9.59 Å². The highest BCUT2D eigenvalue weighted by Crippen LogP contribution is 2.51. The zero-order valence-corrected chi connectivity index (χ0v) is 20.7. The molecular formula is C27H35N3O5. The van der Waals surface area contributed by atoms with Crippen LogP contribution in [0.2, 0.25) is 0 Å². The minimum atomic E-state index is -1.11. The summed E-state index contributed by atoms with van der Waals surface area (Å²) in [5.74, 6) is -1.31. The Morgan fingerprint density at radius 1 is 1.09 bits per heavy atom. The SMILES string of the molecule is CN1CC[C@]2(C)c3ccc(NC(=O)OC4CCCCC4)cc3N(C)[C@H]12.O=C(O)c1ccccc1O. The predicted molar refractivity (Wildman–Crippen MR) is 135 cm³/mol. The zero-order valence-electron chi connectivity index (χ0n) is 20.7.